The number of benzene rings is 2. The van der Waals surface area contributed by atoms with Crippen LogP contribution in [0.25, 0.3) is 33.4 Å². The lowest BCUT2D eigenvalue weighted by Crippen LogP contribution is -2.09. The molecule has 5 aromatic rings. The van der Waals surface area contributed by atoms with Crippen molar-refractivity contribution in [3.8, 4) is 11.4 Å². The molecule has 0 saturated heterocycles. The second-order valence-electron chi connectivity index (χ2n) is 7.28. The summed E-state index contributed by atoms with van der Waals surface area (Å²) in [5.41, 5.74) is 3.11. The van der Waals surface area contributed by atoms with E-state index in [9.17, 15) is 9.59 Å². The lowest BCUT2D eigenvalue weighted by atomic mass is 10.1. The van der Waals surface area contributed by atoms with E-state index in [0.29, 0.717) is 40.4 Å². The Hall–Kier alpha value is -4.13. The lowest BCUT2D eigenvalue weighted by Gasteiger charge is -2.08. The number of hydrogen-bond donors (Lipinski definition) is 0. The van der Waals surface area contributed by atoms with Crippen LogP contribution in [-0.2, 0) is 11.3 Å². The van der Waals surface area contributed by atoms with Gasteiger partial charge in [-0.25, -0.2) is 14.6 Å². The first-order valence-corrected chi connectivity index (χ1v) is 9.69. The molecule has 0 aliphatic heterocycles. The molecular weight excluding hydrogens is 396 g/mol. The third-order valence-corrected chi connectivity index (χ3v) is 5.19. The summed E-state index contributed by atoms with van der Waals surface area (Å²) in [7, 11) is 1.33. The first-order chi connectivity index (χ1) is 15.0. The molecule has 0 atom stereocenters. The van der Waals surface area contributed by atoms with E-state index in [4.69, 9.17) is 13.6 Å². The number of aromatic nitrogens is 2. The van der Waals surface area contributed by atoms with Crippen molar-refractivity contribution in [2.45, 2.75) is 13.5 Å². The van der Waals surface area contributed by atoms with Crippen molar-refractivity contribution in [1.29, 1.82) is 0 Å². The average Bonchev–Trinajstić information content (AvgIpc) is 3.41. The summed E-state index contributed by atoms with van der Waals surface area (Å²) in [4.78, 5) is 29.5. The number of rotatable bonds is 4. The zero-order valence-electron chi connectivity index (χ0n) is 16.9. The highest BCUT2D eigenvalue weighted by molar-refractivity contribution is 5.94. The predicted octanol–water partition coefficient (Wildman–Crippen LogP) is 4.55. The number of carbonyl (C=O) groups excluding carboxylic acids is 1. The van der Waals surface area contributed by atoms with Gasteiger partial charge < -0.3 is 18.1 Å². The van der Waals surface area contributed by atoms with Gasteiger partial charge in [0.05, 0.1) is 36.5 Å². The van der Waals surface area contributed by atoms with Gasteiger partial charge in [0.15, 0.2) is 0 Å². The van der Waals surface area contributed by atoms with Gasteiger partial charge in [-0.1, -0.05) is 11.6 Å². The molecule has 5 rings (SSSR count). The van der Waals surface area contributed by atoms with Gasteiger partial charge in [-0.3, -0.25) is 0 Å². The van der Waals surface area contributed by atoms with Crippen molar-refractivity contribution in [2.75, 3.05) is 7.11 Å². The molecular formula is C24H18N2O5. The largest absolute Gasteiger partial charge is 0.467 e. The number of carbonyl (C=O) groups is 1. The van der Waals surface area contributed by atoms with Crippen LogP contribution in [0, 0.1) is 6.92 Å². The molecule has 0 bridgehead atoms. The molecule has 7 heteroatoms. The van der Waals surface area contributed by atoms with Crippen molar-refractivity contribution in [2.24, 2.45) is 0 Å². The van der Waals surface area contributed by atoms with Gasteiger partial charge in [0, 0.05) is 5.39 Å². The maximum atomic E-state index is 12.9. The first kappa shape index (κ1) is 18.9. The van der Waals surface area contributed by atoms with Crippen LogP contribution in [0.3, 0.4) is 0 Å². The quantitative estimate of drug-likeness (QED) is 0.317. The summed E-state index contributed by atoms with van der Waals surface area (Å²) in [5.74, 6) is 0.689. The minimum Gasteiger partial charge on any atom is -0.467 e. The molecule has 3 heterocycles. The summed E-state index contributed by atoms with van der Waals surface area (Å²) in [6.45, 7) is 2.34. The lowest BCUT2D eigenvalue weighted by molar-refractivity contribution is 0.0601. The van der Waals surface area contributed by atoms with E-state index in [1.54, 1.807) is 42.7 Å². The average molecular weight is 414 g/mol. The third kappa shape index (κ3) is 3.30. The van der Waals surface area contributed by atoms with Gasteiger partial charge in [0.2, 0.25) is 0 Å². The number of aryl methyl sites for hydroxylation is 1. The molecule has 31 heavy (non-hydrogen) atoms. The minimum absolute atomic E-state index is 0.334. The highest BCUT2D eigenvalue weighted by Crippen LogP contribution is 2.27. The normalized spacial score (nSPS) is 11.3. The van der Waals surface area contributed by atoms with Crippen molar-refractivity contribution < 1.29 is 18.4 Å². The van der Waals surface area contributed by atoms with Crippen LogP contribution >= 0.6 is 0 Å². The van der Waals surface area contributed by atoms with E-state index >= 15 is 0 Å². The Morgan fingerprint density at radius 2 is 2.00 bits per heavy atom. The Balaban J connectivity index is 1.76. The third-order valence-electron chi connectivity index (χ3n) is 5.19. The van der Waals surface area contributed by atoms with Gasteiger partial charge in [0.1, 0.15) is 22.7 Å². The number of esters is 1. The van der Waals surface area contributed by atoms with Crippen LogP contribution in [0.4, 0.5) is 0 Å². The molecule has 0 spiro atoms. The Morgan fingerprint density at radius 3 is 2.77 bits per heavy atom. The number of ether oxygens (including phenoxy) is 1. The van der Waals surface area contributed by atoms with Crippen LogP contribution in [0.2, 0.25) is 0 Å². The molecule has 0 radical (unpaired) electrons. The predicted molar refractivity (Wildman–Crippen MR) is 115 cm³/mol. The molecule has 3 aromatic heterocycles. The van der Waals surface area contributed by atoms with Gasteiger partial charge in [-0.2, -0.15) is 0 Å². The van der Waals surface area contributed by atoms with E-state index < -0.39 is 11.6 Å². The standard InChI is InChI=1S/C24H18N2O5/c1-14-5-8-21-16(10-14)11-18(24(28)31-21)22-25-19-12-15(23(27)29-2)6-7-20(19)26(22)13-17-4-3-9-30-17/h3-12H,13H2,1-2H3. The van der Waals surface area contributed by atoms with Crippen LogP contribution in [0.1, 0.15) is 21.7 Å². The molecule has 154 valence electrons. The van der Waals surface area contributed by atoms with Crippen molar-refractivity contribution in [3.05, 3.63) is 88.2 Å². The minimum atomic E-state index is -0.486. The number of imidazole rings is 1. The summed E-state index contributed by atoms with van der Waals surface area (Å²) >= 11 is 0. The molecule has 0 saturated carbocycles. The van der Waals surface area contributed by atoms with E-state index in [1.165, 1.54) is 7.11 Å². The highest BCUT2D eigenvalue weighted by Gasteiger charge is 2.19. The zero-order chi connectivity index (χ0) is 21.5. The molecule has 0 N–H and O–H groups in total. The van der Waals surface area contributed by atoms with Crippen molar-refractivity contribution in [3.63, 3.8) is 0 Å². The molecule has 0 unspecified atom stereocenters. The smallest absolute Gasteiger partial charge is 0.347 e. The van der Waals surface area contributed by atoms with Gasteiger partial charge in [0.25, 0.3) is 0 Å². The fraction of sp³-hybridized carbons (Fsp3) is 0.125. The van der Waals surface area contributed by atoms with Crippen LogP contribution < -0.4 is 5.63 Å². The van der Waals surface area contributed by atoms with Crippen molar-refractivity contribution >= 4 is 28.0 Å². The first-order valence-electron chi connectivity index (χ1n) is 9.69. The summed E-state index contributed by atoms with van der Waals surface area (Å²) in [6.07, 6.45) is 1.59. The molecule has 7 nitrogen and oxygen atoms in total. The van der Waals surface area contributed by atoms with Crippen LogP contribution in [0.15, 0.2) is 74.5 Å². The summed E-state index contributed by atoms with van der Waals surface area (Å²) in [6, 6.07) is 16.2. The Kier molecular flexibility index (Phi) is 4.43. The second-order valence-corrected chi connectivity index (χ2v) is 7.28. The molecule has 0 fully saturated rings. The molecule has 0 aliphatic carbocycles. The number of hydrogen-bond acceptors (Lipinski definition) is 6. The van der Waals surface area contributed by atoms with E-state index in [-0.39, 0.29) is 0 Å². The number of fused-ring (bicyclic) bond motifs is 2. The van der Waals surface area contributed by atoms with Crippen molar-refractivity contribution in [1.82, 2.24) is 9.55 Å². The van der Waals surface area contributed by atoms with E-state index in [0.717, 1.165) is 16.5 Å². The Bertz CT molecular complexity index is 1490. The fourth-order valence-electron chi connectivity index (χ4n) is 3.70. The van der Waals surface area contributed by atoms with Gasteiger partial charge in [-0.15, -0.1) is 0 Å². The maximum absolute atomic E-state index is 12.9. The number of methoxy groups -OCH3 is 1. The van der Waals surface area contributed by atoms with E-state index in [1.807, 2.05) is 29.7 Å². The molecule has 2 aromatic carbocycles. The zero-order valence-corrected chi connectivity index (χ0v) is 16.9. The van der Waals surface area contributed by atoms with E-state index in [2.05, 4.69) is 4.98 Å². The Morgan fingerprint density at radius 1 is 1.13 bits per heavy atom. The van der Waals surface area contributed by atoms with Gasteiger partial charge in [-0.05, 0) is 55.5 Å². The second kappa shape index (κ2) is 7.28. The number of nitrogens with zero attached hydrogens (tertiary/aromatic N) is 2. The summed E-state index contributed by atoms with van der Waals surface area (Å²) in [5, 5.41) is 0.807. The Labute approximate surface area is 176 Å². The number of furan rings is 1. The van der Waals surface area contributed by atoms with Crippen LogP contribution in [0.5, 0.6) is 0 Å². The monoisotopic (exact) mass is 414 g/mol. The van der Waals surface area contributed by atoms with Gasteiger partial charge >= 0.3 is 11.6 Å². The SMILES string of the molecule is COC(=O)c1ccc2c(c1)nc(-c1cc3cc(C)ccc3oc1=O)n2Cc1ccco1. The molecule has 0 aliphatic rings. The van der Waals surface area contributed by atoms with Crippen LogP contribution in [-0.4, -0.2) is 22.6 Å². The fourth-order valence-corrected chi connectivity index (χ4v) is 3.70. The topological polar surface area (TPSA) is 87.5 Å². The molecule has 0 amide bonds. The maximum Gasteiger partial charge on any atom is 0.347 e. The summed E-state index contributed by atoms with van der Waals surface area (Å²) < 4.78 is 17.8. The highest BCUT2D eigenvalue weighted by atomic mass is 16.5.